The summed E-state index contributed by atoms with van der Waals surface area (Å²) in [6.45, 7) is 6.82. The van der Waals surface area contributed by atoms with Crippen LogP contribution < -0.4 is 5.32 Å². The van der Waals surface area contributed by atoms with Crippen molar-refractivity contribution in [1.29, 1.82) is 0 Å². The monoisotopic (exact) mass is 523 g/mol. The fourth-order valence-corrected chi connectivity index (χ4v) is 7.71. The normalized spacial score (nSPS) is 35.6. The van der Waals surface area contributed by atoms with Crippen molar-refractivity contribution in [2.75, 3.05) is 0 Å². The van der Waals surface area contributed by atoms with Gasteiger partial charge in [0.05, 0.1) is 12.1 Å². The molecule has 3 fully saturated rings. The van der Waals surface area contributed by atoms with Gasteiger partial charge in [0.15, 0.2) is 0 Å². The van der Waals surface area contributed by atoms with Gasteiger partial charge in [-0.2, -0.15) is 0 Å². The van der Waals surface area contributed by atoms with Crippen LogP contribution >= 0.6 is 0 Å². The van der Waals surface area contributed by atoms with Gasteiger partial charge in [-0.15, -0.1) is 0 Å². The third kappa shape index (κ3) is 3.75. The first-order valence-corrected chi connectivity index (χ1v) is 14.2. The standard InChI is InChI=1S/C32H45NO5/c1-28(2)26(34)30(28,36)27(35)32(38)29(3,4)31(32,37)24(20-21-14-8-5-9-15-21)33-25(22-16-10-6-11-17-22)23-18-12-7-13-19-23/h6-7,10-13,16-19,21,24-27,33-38H,5,8-9,14-15,20H2,1-4H3/t24?,26?,27-,30-,31+,32+/m1/s1. The van der Waals surface area contributed by atoms with Gasteiger partial charge in [0, 0.05) is 16.9 Å². The summed E-state index contributed by atoms with van der Waals surface area (Å²) in [5.41, 5.74) is -5.73. The highest BCUT2D eigenvalue weighted by Gasteiger charge is 2.92. The lowest BCUT2D eigenvalue weighted by molar-refractivity contribution is -0.146. The summed E-state index contributed by atoms with van der Waals surface area (Å²) in [7, 11) is 0. The number of aliphatic hydroxyl groups excluding tert-OH is 2. The molecule has 6 heteroatoms. The topological polar surface area (TPSA) is 113 Å². The van der Waals surface area contributed by atoms with Crippen molar-refractivity contribution in [2.45, 2.75) is 107 Å². The molecule has 0 bridgehead atoms. The molecule has 208 valence electrons. The summed E-state index contributed by atoms with van der Waals surface area (Å²) in [4.78, 5) is 0. The molecule has 6 atom stereocenters. The second-order valence-electron chi connectivity index (χ2n) is 13.2. The molecule has 6 N–H and O–H groups in total. The van der Waals surface area contributed by atoms with E-state index in [1.807, 2.05) is 36.4 Å². The molecule has 3 aliphatic carbocycles. The molecule has 0 radical (unpaired) electrons. The zero-order chi connectivity index (χ0) is 27.6. The highest BCUT2D eigenvalue weighted by atomic mass is 16.4. The first-order chi connectivity index (χ1) is 17.8. The summed E-state index contributed by atoms with van der Waals surface area (Å²) in [5, 5.41) is 61.6. The molecule has 2 unspecified atom stereocenters. The van der Waals surface area contributed by atoms with Crippen LogP contribution in [0.2, 0.25) is 0 Å². The average molecular weight is 524 g/mol. The maximum absolute atomic E-state index is 12.5. The number of rotatable bonds is 9. The lowest BCUT2D eigenvalue weighted by atomic mass is 9.80. The third-order valence-electron chi connectivity index (χ3n) is 10.7. The molecule has 0 aromatic heterocycles. The van der Waals surface area contributed by atoms with Crippen LogP contribution in [0.5, 0.6) is 0 Å². The predicted octanol–water partition coefficient (Wildman–Crippen LogP) is 3.70. The highest BCUT2D eigenvalue weighted by Crippen LogP contribution is 2.73. The quantitative estimate of drug-likeness (QED) is 0.299. The second-order valence-corrected chi connectivity index (χ2v) is 13.2. The van der Waals surface area contributed by atoms with E-state index in [1.165, 1.54) is 6.42 Å². The van der Waals surface area contributed by atoms with E-state index in [0.717, 1.165) is 36.8 Å². The molecule has 0 heterocycles. The van der Waals surface area contributed by atoms with Crippen LogP contribution in [0.4, 0.5) is 0 Å². The Bertz CT molecular complexity index is 1080. The van der Waals surface area contributed by atoms with E-state index >= 15 is 0 Å². The molecule has 2 aromatic carbocycles. The molecule has 0 aliphatic heterocycles. The molecule has 0 saturated heterocycles. The van der Waals surface area contributed by atoms with Crippen LogP contribution in [0.3, 0.4) is 0 Å². The number of hydrogen-bond acceptors (Lipinski definition) is 6. The Morgan fingerprint density at radius 3 is 1.71 bits per heavy atom. The fourth-order valence-electron chi connectivity index (χ4n) is 7.71. The minimum atomic E-state index is -2.02. The number of nitrogens with one attached hydrogen (secondary N) is 1. The Morgan fingerprint density at radius 1 is 0.789 bits per heavy atom. The van der Waals surface area contributed by atoms with Gasteiger partial charge >= 0.3 is 0 Å². The second kappa shape index (κ2) is 9.39. The first kappa shape index (κ1) is 27.8. The molecule has 6 nitrogen and oxygen atoms in total. The molecule has 2 aromatic rings. The van der Waals surface area contributed by atoms with E-state index in [1.54, 1.807) is 27.7 Å². The Hall–Kier alpha value is -1.80. The Morgan fingerprint density at radius 2 is 1.26 bits per heavy atom. The van der Waals surface area contributed by atoms with Gasteiger partial charge in [-0.3, -0.25) is 0 Å². The van der Waals surface area contributed by atoms with Crippen LogP contribution in [-0.4, -0.2) is 60.6 Å². The largest absolute Gasteiger partial charge is 0.389 e. The minimum Gasteiger partial charge on any atom is -0.389 e. The van der Waals surface area contributed by atoms with Crippen molar-refractivity contribution in [3.05, 3.63) is 71.8 Å². The molecule has 0 amide bonds. The molecule has 3 saturated carbocycles. The van der Waals surface area contributed by atoms with Crippen molar-refractivity contribution >= 4 is 0 Å². The van der Waals surface area contributed by atoms with Crippen LogP contribution in [0, 0.1) is 16.7 Å². The smallest absolute Gasteiger partial charge is 0.132 e. The highest BCUT2D eigenvalue weighted by molar-refractivity contribution is 5.44. The Kier molecular flexibility index (Phi) is 6.86. The van der Waals surface area contributed by atoms with Gasteiger partial charge in [0.25, 0.3) is 0 Å². The molecule has 3 aliphatic rings. The van der Waals surface area contributed by atoms with E-state index < -0.39 is 45.9 Å². The van der Waals surface area contributed by atoms with Crippen molar-refractivity contribution in [2.24, 2.45) is 16.7 Å². The van der Waals surface area contributed by atoms with Gasteiger partial charge in [0.2, 0.25) is 0 Å². The summed E-state index contributed by atoms with van der Waals surface area (Å²) >= 11 is 0. The fraction of sp³-hybridized carbons (Fsp3) is 0.625. The number of hydrogen-bond donors (Lipinski definition) is 6. The summed E-state index contributed by atoms with van der Waals surface area (Å²) in [5.74, 6) is 0.376. The first-order valence-electron chi connectivity index (χ1n) is 14.2. The summed E-state index contributed by atoms with van der Waals surface area (Å²) < 4.78 is 0. The minimum absolute atomic E-state index is 0.251. The van der Waals surface area contributed by atoms with E-state index in [0.29, 0.717) is 12.3 Å². The van der Waals surface area contributed by atoms with Crippen molar-refractivity contribution in [3.8, 4) is 0 Å². The van der Waals surface area contributed by atoms with Crippen LogP contribution in [-0.2, 0) is 0 Å². The van der Waals surface area contributed by atoms with Crippen LogP contribution in [0.1, 0.15) is 83.4 Å². The van der Waals surface area contributed by atoms with Crippen molar-refractivity contribution < 1.29 is 25.5 Å². The number of benzene rings is 2. The zero-order valence-electron chi connectivity index (χ0n) is 23.1. The molecular formula is C32H45NO5. The predicted molar refractivity (Wildman–Crippen MR) is 147 cm³/mol. The lowest BCUT2D eigenvalue weighted by Crippen LogP contribution is -2.56. The Balaban J connectivity index is 1.54. The van der Waals surface area contributed by atoms with Gasteiger partial charge in [-0.1, -0.05) is 120 Å². The van der Waals surface area contributed by atoms with Crippen molar-refractivity contribution in [1.82, 2.24) is 5.32 Å². The van der Waals surface area contributed by atoms with Gasteiger partial charge in [-0.05, 0) is 23.5 Å². The summed E-state index contributed by atoms with van der Waals surface area (Å²) in [6, 6.07) is 19.3. The van der Waals surface area contributed by atoms with Gasteiger partial charge < -0.3 is 30.8 Å². The third-order valence-corrected chi connectivity index (χ3v) is 10.7. The van der Waals surface area contributed by atoms with E-state index in [9.17, 15) is 25.5 Å². The Labute approximate surface area is 226 Å². The zero-order valence-corrected chi connectivity index (χ0v) is 23.1. The lowest BCUT2D eigenvalue weighted by Gasteiger charge is -2.37. The molecule has 5 rings (SSSR count). The van der Waals surface area contributed by atoms with Crippen LogP contribution in [0.15, 0.2) is 60.7 Å². The SMILES string of the molecule is CC1(C)C(O)[C@@]1(O)[C@@H](O)[C@]1(O)C(C)(C)[C@@]1(O)C(CC1CCCCC1)NC(c1ccccc1)c1ccccc1. The summed E-state index contributed by atoms with van der Waals surface area (Å²) in [6.07, 6.45) is 3.35. The average Bonchev–Trinajstić information content (AvgIpc) is 3.51. The molecule has 0 spiro atoms. The van der Waals surface area contributed by atoms with E-state index in [4.69, 9.17) is 0 Å². The maximum atomic E-state index is 12.5. The van der Waals surface area contributed by atoms with Gasteiger partial charge in [-0.25, -0.2) is 0 Å². The molecule has 38 heavy (non-hydrogen) atoms. The van der Waals surface area contributed by atoms with E-state index in [2.05, 4.69) is 29.6 Å². The molecular weight excluding hydrogens is 478 g/mol. The van der Waals surface area contributed by atoms with Crippen molar-refractivity contribution in [3.63, 3.8) is 0 Å². The maximum Gasteiger partial charge on any atom is 0.132 e. The number of aliphatic hydroxyl groups is 5. The van der Waals surface area contributed by atoms with Gasteiger partial charge in [0.1, 0.15) is 22.9 Å². The van der Waals surface area contributed by atoms with E-state index in [-0.39, 0.29) is 6.04 Å². The van der Waals surface area contributed by atoms with Crippen LogP contribution in [0.25, 0.3) is 0 Å².